The summed E-state index contributed by atoms with van der Waals surface area (Å²) in [6.45, 7) is 8.80. The summed E-state index contributed by atoms with van der Waals surface area (Å²) in [7, 11) is 0. The van der Waals surface area contributed by atoms with Gasteiger partial charge in [0.25, 0.3) is 5.91 Å². The number of carbonyl (C=O) groups excluding carboxylic acids is 4. The summed E-state index contributed by atoms with van der Waals surface area (Å²) in [5, 5.41) is 22.0. The molecule has 0 radical (unpaired) electrons. The van der Waals surface area contributed by atoms with Gasteiger partial charge in [-0.05, 0) is 163 Å². The lowest BCUT2D eigenvalue weighted by molar-refractivity contribution is -0.169. The topological polar surface area (TPSA) is 236 Å². The van der Waals surface area contributed by atoms with Crippen LogP contribution in [0.5, 0.6) is 17.2 Å². The van der Waals surface area contributed by atoms with Gasteiger partial charge in [0.15, 0.2) is 22.9 Å². The number of hydrogen-bond acceptors (Lipinski definition) is 14. The van der Waals surface area contributed by atoms with Crippen molar-refractivity contribution in [1.29, 1.82) is 0 Å². The number of aromatic nitrogens is 2. The molecule has 78 heavy (non-hydrogen) atoms. The molecule has 0 spiro atoms. The molecule has 1 amide bonds. The molecule has 412 valence electrons. The lowest BCUT2D eigenvalue weighted by Gasteiger charge is -2.27. The van der Waals surface area contributed by atoms with Crippen LogP contribution in [-0.2, 0) is 35.0 Å². The quantitative estimate of drug-likeness (QED) is 0.0345. The Balaban J connectivity index is 0.000000228. The molecule has 1 unspecified atom stereocenters. The molecule has 1 saturated carbocycles. The highest BCUT2D eigenvalue weighted by atomic mass is 35.5. The fraction of sp³-hybridized carbons (Fsp3) is 0.298. The number of nitrogens with one attached hydrogen (secondary N) is 1. The molecule has 3 N–H and O–H groups in total. The van der Waals surface area contributed by atoms with Gasteiger partial charge in [-0.15, -0.1) is 23.2 Å². The first-order valence-electron chi connectivity index (χ1n) is 24.0. The Morgan fingerprint density at radius 1 is 0.603 bits per heavy atom. The summed E-state index contributed by atoms with van der Waals surface area (Å²) in [6, 6.07) is 33.7. The third-order valence-electron chi connectivity index (χ3n) is 11.2. The normalized spacial score (nSPS) is 13.4. The molecular formula is C57H57Cl4N3O14. The Labute approximate surface area is 471 Å². The number of benzene rings is 4. The zero-order valence-corrected chi connectivity index (χ0v) is 46.3. The SMILES string of the molecule is CC(C)(Oc1ccc(C2CC2(Cl)Cl)cc1)C(=O)O.CC(C)(Oc1ccc(CCNC(=O)c2ccc(Cl)cc2)cc1)C(=O)O.CC(C)(Oc1ccc(Cl)cc1)C(=O)OC(COC(=O)c1cccnc1)COC(=O)c1cccnc1. The highest BCUT2D eigenvalue weighted by Crippen LogP contribution is 2.59. The van der Waals surface area contributed by atoms with Crippen molar-refractivity contribution in [3.8, 4) is 17.2 Å². The second kappa shape index (κ2) is 27.7. The molecule has 2 heterocycles. The summed E-state index contributed by atoms with van der Waals surface area (Å²) in [6.07, 6.45) is 6.02. The van der Waals surface area contributed by atoms with Gasteiger partial charge in [-0.3, -0.25) is 14.8 Å². The molecule has 6 aromatic rings. The zero-order chi connectivity index (χ0) is 57.3. The number of carbonyl (C=O) groups is 6. The molecule has 0 saturated heterocycles. The number of carboxylic acids is 2. The number of aliphatic carboxylic acids is 2. The minimum absolute atomic E-state index is 0.153. The van der Waals surface area contributed by atoms with E-state index in [0.29, 0.717) is 45.8 Å². The van der Waals surface area contributed by atoms with E-state index >= 15 is 0 Å². The van der Waals surface area contributed by atoms with Gasteiger partial charge in [0.05, 0.1) is 11.1 Å². The Morgan fingerprint density at radius 2 is 1.01 bits per heavy atom. The van der Waals surface area contributed by atoms with Crippen LogP contribution >= 0.6 is 46.4 Å². The molecule has 1 aliphatic carbocycles. The summed E-state index contributed by atoms with van der Waals surface area (Å²) < 4.78 is 32.0. The van der Waals surface area contributed by atoms with E-state index in [-0.39, 0.29) is 36.2 Å². The average molecular weight is 1150 g/mol. The lowest BCUT2D eigenvalue weighted by atomic mass is 10.1. The molecule has 21 heteroatoms. The van der Waals surface area contributed by atoms with Crippen LogP contribution in [0.15, 0.2) is 146 Å². The van der Waals surface area contributed by atoms with E-state index in [0.717, 1.165) is 17.5 Å². The van der Waals surface area contributed by atoms with Gasteiger partial charge in [0.1, 0.15) is 34.8 Å². The van der Waals surface area contributed by atoms with Gasteiger partial charge in [-0.1, -0.05) is 47.5 Å². The van der Waals surface area contributed by atoms with Crippen LogP contribution in [0.4, 0.5) is 0 Å². The Hall–Kier alpha value is -7.44. The number of rotatable bonds is 21. The number of nitrogens with zero attached hydrogens (tertiary/aromatic N) is 2. The Bertz CT molecular complexity index is 2910. The first kappa shape index (κ1) is 61.4. The lowest BCUT2D eigenvalue weighted by Crippen LogP contribution is -2.43. The number of hydrogen-bond donors (Lipinski definition) is 3. The van der Waals surface area contributed by atoms with Crippen LogP contribution in [0.1, 0.15) is 96.1 Å². The molecule has 0 aliphatic heterocycles. The summed E-state index contributed by atoms with van der Waals surface area (Å²) >= 11 is 23.7. The predicted molar refractivity (Wildman–Crippen MR) is 292 cm³/mol. The maximum absolute atomic E-state index is 12.9. The van der Waals surface area contributed by atoms with Crippen LogP contribution in [0.2, 0.25) is 10.0 Å². The van der Waals surface area contributed by atoms with Gasteiger partial charge in [0.2, 0.25) is 0 Å². The highest BCUT2D eigenvalue weighted by molar-refractivity contribution is 6.51. The van der Waals surface area contributed by atoms with Gasteiger partial charge in [-0.2, -0.15) is 0 Å². The molecule has 0 bridgehead atoms. The molecule has 4 aromatic carbocycles. The van der Waals surface area contributed by atoms with Crippen LogP contribution in [0, 0.1) is 0 Å². The van der Waals surface area contributed by atoms with E-state index in [1.54, 1.807) is 84.9 Å². The molecular weight excluding hydrogens is 1090 g/mol. The minimum atomic E-state index is -1.41. The minimum Gasteiger partial charge on any atom is -0.478 e. The Kier molecular flexibility index (Phi) is 21.8. The van der Waals surface area contributed by atoms with E-state index in [4.69, 9.17) is 85.0 Å². The first-order chi connectivity index (χ1) is 36.7. The first-order valence-corrected chi connectivity index (χ1v) is 25.5. The Morgan fingerprint density at radius 3 is 1.42 bits per heavy atom. The number of alkyl halides is 2. The fourth-order valence-corrected chi connectivity index (χ4v) is 7.30. The smallest absolute Gasteiger partial charge is 0.350 e. The van der Waals surface area contributed by atoms with Crippen LogP contribution in [-0.4, -0.2) is 103 Å². The van der Waals surface area contributed by atoms with Crippen molar-refractivity contribution in [3.63, 3.8) is 0 Å². The van der Waals surface area contributed by atoms with Crippen molar-refractivity contribution in [2.24, 2.45) is 0 Å². The summed E-state index contributed by atoms with van der Waals surface area (Å²) in [5.41, 5.74) is -0.890. The average Bonchev–Trinajstić information content (AvgIpc) is 4.10. The molecule has 1 aliphatic rings. The second-order valence-electron chi connectivity index (χ2n) is 18.9. The van der Waals surface area contributed by atoms with E-state index in [2.05, 4.69) is 15.3 Å². The van der Waals surface area contributed by atoms with Crippen molar-refractivity contribution in [2.45, 2.75) is 87.5 Å². The van der Waals surface area contributed by atoms with Crippen LogP contribution in [0.3, 0.4) is 0 Å². The third-order valence-corrected chi connectivity index (χ3v) is 12.5. The predicted octanol–water partition coefficient (Wildman–Crippen LogP) is 11.1. The maximum atomic E-state index is 12.9. The van der Waals surface area contributed by atoms with E-state index in [1.165, 1.54) is 78.5 Å². The summed E-state index contributed by atoms with van der Waals surface area (Å²) in [5.74, 6) is -2.73. The molecule has 1 fully saturated rings. The third kappa shape index (κ3) is 19.5. The molecule has 17 nitrogen and oxygen atoms in total. The van der Waals surface area contributed by atoms with Crippen LogP contribution < -0.4 is 19.5 Å². The fourth-order valence-electron chi connectivity index (χ4n) is 6.49. The second-order valence-corrected chi connectivity index (χ2v) is 21.3. The monoisotopic (exact) mass is 1150 g/mol. The largest absolute Gasteiger partial charge is 0.478 e. The highest BCUT2D eigenvalue weighted by Gasteiger charge is 2.52. The van der Waals surface area contributed by atoms with E-state index in [1.807, 2.05) is 24.3 Å². The summed E-state index contributed by atoms with van der Waals surface area (Å²) in [4.78, 5) is 79.2. The van der Waals surface area contributed by atoms with Crippen molar-refractivity contribution in [2.75, 3.05) is 19.8 Å². The molecule has 2 aromatic heterocycles. The number of ether oxygens (including phenoxy) is 6. The number of pyridine rings is 2. The van der Waals surface area contributed by atoms with E-state index < -0.39 is 57.1 Å². The van der Waals surface area contributed by atoms with E-state index in [9.17, 15) is 28.8 Å². The number of halogens is 4. The number of amides is 1. The van der Waals surface area contributed by atoms with Gasteiger partial charge >= 0.3 is 29.8 Å². The van der Waals surface area contributed by atoms with Crippen LogP contribution in [0.25, 0.3) is 0 Å². The van der Waals surface area contributed by atoms with Gasteiger partial charge < -0.3 is 44.0 Å². The number of esters is 3. The van der Waals surface area contributed by atoms with Gasteiger partial charge in [-0.25, -0.2) is 24.0 Å². The standard InChI is InChI=1S/C25H23ClN2O7.C19H20ClNO4.C13H14Cl2O3/c1-25(2,35-20-9-7-19(26)8-10-20)24(31)34-21(15-32-22(29)17-5-3-11-27-13-17)16-33-23(30)18-6-4-12-28-14-18;1-19(2,18(23)24)25-16-9-3-13(4-10-16)11-12-21-17(22)14-5-7-15(20)8-6-14;1-12(2,11(16)17)18-9-5-3-8(4-6-9)10-7-13(10,14)15/h3-14,21H,15-16H2,1-2H3;3-10H,11-12H2,1-2H3,(H,21,22)(H,23,24);3-6,10H,7H2,1-2H3,(H,16,17). The van der Waals surface area contributed by atoms with Crippen molar-refractivity contribution in [3.05, 3.63) is 184 Å². The maximum Gasteiger partial charge on any atom is 0.350 e. The zero-order valence-electron chi connectivity index (χ0n) is 43.2. The van der Waals surface area contributed by atoms with Crippen molar-refractivity contribution >= 4 is 82.2 Å². The van der Waals surface area contributed by atoms with Crippen molar-refractivity contribution < 1.29 is 67.4 Å². The van der Waals surface area contributed by atoms with Gasteiger partial charge in [0, 0.05) is 52.9 Å². The molecule has 1 atom stereocenters. The molecule has 7 rings (SSSR count). The van der Waals surface area contributed by atoms with Crippen molar-refractivity contribution in [1.82, 2.24) is 15.3 Å². The number of carboxylic acid groups (broad SMARTS) is 2.